The summed E-state index contributed by atoms with van der Waals surface area (Å²) in [6, 6.07) is 11.1. The van der Waals surface area contributed by atoms with Gasteiger partial charge < -0.3 is 9.88 Å². The van der Waals surface area contributed by atoms with Crippen LogP contribution >= 0.6 is 0 Å². The monoisotopic (exact) mass is 405 g/mol. The summed E-state index contributed by atoms with van der Waals surface area (Å²) in [6.45, 7) is 6.57. The Morgan fingerprint density at radius 1 is 1.11 bits per heavy atom. The van der Waals surface area contributed by atoms with E-state index in [0.717, 1.165) is 5.56 Å². The highest BCUT2D eigenvalue weighted by molar-refractivity contribution is 7.89. The fourth-order valence-corrected chi connectivity index (χ4v) is 4.36. The summed E-state index contributed by atoms with van der Waals surface area (Å²) in [5.41, 5.74) is 0.664. The van der Waals surface area contributed by atoms with Gasteiger partial charge >= 0.3 is 0 Å². The minimum atomic E-state index is -3.50. The highest BCUT2D eigenvalue weighted by Gasteiger charge is 2.21. The van der Waals surface area contributed by atoms with Gasteiger partial charge in [-0.25, -0.2) is 8.42 Å². The largest absolute Gasteiger partial charge is 0.350 e. The van der Waals surface area contributed by atoms with Crippen molar-refractivity contribution in [2.75, 3.05) is 13.1 Å². The molecule has 28 heavy (non-hydrogen) atoms. The molecule has 0 saturated heterocycles. The summed E-state index contributed by atoms with van der Waals surface area (Å²) in [6.07, 6.45) is 1.83. The summed E-state index contributed by atoms with van der Waals surface area (Å²) < 4.78 is 27.9. The lowest BCUT2D eigenvalue weighted by molar-refractivity contribution is -0.121. The maximum Gasteiger partial charge on any atom is 0.250 e. The highest BCUT2D eigenvalue weighted by Crippen LogP contribution is 2.19. The van der Waals surface area contributed by atoms with E-state index in [1.165, 1.54) is 14.9 Å². The molecule has 1 aromatic carbocycles. The number of pyridine rings is 1. The molecule has 0 aliphatic heterocycles. The van der Waals surface area contributed by atoms with Crippen molar-refractivity contribution >= 4 is 15.9 Å². The zero-order valence-corrected chi connectivity index (χ0v) is 17.3. The summed E-state index contributed by atoms with van der Waals surface area (Å²) in [7, 11) is -3.50. The number of nitrogens with one attached hydrogen (secondary N) is 1. The lowest BCUT2D eigenvalue weighted by atomic mass is 10.1. The SMILES string of the molecule is CCN(CC)S(=O)(=O)c1ccc(C(C)NC(=O)CCn2ccccc2=O)cc1. The van der Waals surface area contributed by atoms with Gasteiger partial charge in [-0.1, -0.05) is 32.0 Å². The number of hydrogen-bond acceptors (Lipinski definition) is 4. The summed E-state index contributed by atoms with van der Waals surface area (Å²) in [5, 5.41) is 2.88. The van der Waals surface area contributed by atoms with Crippen LogP contribution in [0.15, 0.2) is 58.4 Å². The van der Waals surface area contributed by atoms with E-state index in [2.05, 4.69) is 5.32 Å². The molecular weight excluding hydrogens is 378 g/mol. The van der Waals surface area contributed by atoms with Gasteiger partial charge in [-0.2, -0.15) is 4.31 Å². The first kappa shape index (κ1) is 21.8. The second kappa shape index (κ2) is 9.66. The van der Waals surface area contributed by atoms with E-state index in [1.807, 2.05) is 6.92 Å². The van der Waals surface area contributed by atoms with Gasteiger partial charge in [0, 0.05) is 38.3 Å². The molecule has 0 saturated carbocycles. The first-order valence-electron chi connectivity index (χ1n) is 9.34. The Bertz CT molecular complexity index is 948. The van der Waals surface area contributed by atoms with Crippen LogP contribution in [0.1, 0.15) is 38.8 Å². The Morgan fingerprint density at radius 3 is 2.32 bits per heavy atom. The Kier molecular flexibility index (Phi) is 7.53. The molecule has 152 valence electrons. The maximum absolute atomic E-state index is 12.5. The van der Waals surface area contributed by atoms with Crippen molar-refractivity contribution in [1.29, 1.82) is 0 Å². The molecule has 1 heterocycles. The summed E-state index contributed by atoms with van der Waals surface area (Å²) in [4.78, 5) is 24.1. The van der Waals surface area contributed by atoms with Crippen molar-refractivity contribution in [2.24, 2.45) is 0 Å². The molecule has 0 aliphatic rings. The van der Waals surface area contributed by atoms with Crippen LogP contribution in [-0.2, 0) is 21.4 Å². The molecule has 0 spiro atoms. The van der Waals surface area contributed by atoms with Crippen LogP contribution in [0, 0.1) is 0 Å². The van der Waals surface area contributed by atoms with E-state index in [9.17, 15) is 18.0 Å². The normalized spacial score (nSPS) is 12.7. The molecule has 1 unspecified atom stereocenters. The van der Waals surface area contributed by atoms with Crippen molar-refractivity contribution in [1.82, 2.24) is 14.2 Å². The molecule has 0 aliphatic carbocycles. The molecule has 1 amide bonds. The van der Waals surface area contributed by atoms with Crippen LogP contribution in [0.2, 0.25) is 0 Å². The number of benzene rings is 1. The number of amides is 1. The number of aromatic nitrogens is 1. The molecule has 1 atom stereocenters. The third-order valence-corrected chi connectivity index (χ3v) is 6.64. The van der Waals surface area contributed by atoms with E-state index in [1.54, 1.807) is 56.4 Å². The molecule has 2 rings (SSSR count). The third kappa shape index (κ3) is 5.30. The topological polar surface area (TPSA) is 88.5 Å². The Labute approximate surface area is 166 Å². The number of carbonyl (C=O) groups is 1. The molecule has 0 radical (unpaired) electrons. The van der Waals surface area contributed by atoms with Crippen LogP contribution in [0.25, 0.3) is 0 Å². The van der Waals surface area contributed by atoms with Gasteiger partial charge in [-0.05, 0) is 30.7 Å². The standard InChI is InChI=1S/C20H27N3O4S/c1-4-23(5-2)28(26,27)18-11-9-17(10-12-18)16(3)21-19(24)13-15-22-14-7-6-8-20(22)25/h6-12,14,16H,4-5,13,15H2,1-3H3,(H,21,24). The Balaban J connectivity index is 1.99. The van der Waals surface area contributed by atoms with Gasteiger partial charge in [0.2, 0.25) is 15.9 Å². The Morgan fingerprint density at radius 2 is 1.75 bits per heavy atom. The predicted molar refractivity (Wildman–Crippen MR) is 108 cm³/mol. The lowest BCUT2D eigenvalue weighted by Crippen LogP contribution is -2.31. The maximum atomic E-state index is 12.5. The van der Waals surface area contributed by atoms with Crippen molar-refractivity contribution in [3.8, 4) is 0 Å². The number of sulfonamides is 1. The molecule has 0 fully saturated rings. The van der Waals surface area contributed by atoms with Gasteiger partial charge in [0.25, 0.3) is 5.56 Å². The predicted octanol–water partition coefficient (Wildman–Crippen LogP) is 2.15. The quantitative estimate of drug-likeness (QED) is 0.692. The highest BCUT2D eigenvalue weighted by atomic mass is 32.2. The fraction of sp³-hybridized carbons (Fsp3) is 0.400. The van der Waals surface area contributed by atoms with Gasteiger partial charge in [0.15, 0.2) is 0 Å². The van der Waals surface area contributed by atoms with E-state index < -0.39 is 10.0 Å². The lowest BCUT2D eigenvalue weighted by Gasteiger charge is -2.19. The Hall–Kier alpha value is -2.45. The second-order valence-electron chi connectivity index (χ2n) is 6.43. The minimum absolute atomic E-state index is 0.145. The summed E-state index contributed by atoms with van der Waals surface area (Å²) in [5.74, 6) is -0.178. The molecular formula is C20H27N3O4S. The average molecular weight is 406 g/mol. The van der Waals surface area contributed by atoms with Crippen LogP contribution < -0.4 is 10.9 Å². The van der Waals surface area contributed by atoms with E-state index in [4.69, 9.17) is 0 Å². The van der Waals surface area contributed by atoms with E-state index in [-0.39, 0.29) is 28.8 Å². The first-order valence-corrected chi connectivity index (χ1v) is 10.8. The fourth-order valence-electron chi connectivity index (χ4n) is 2.91. The van der Waals surface area contributed by atoms with E-state index >= 15 is 0 Å². The van der Waals surface area contributed by atoms with Gasteiger partial charge in [0.05, 0.1) is 10.9 Å². The van der Waals surface area contributed by atoms with Crippen molar-refractivity contribution < 1.29 is 13.2 Å². The number of nitrogens with zero attached hydrogens (tertiary/aromatic N) is 2. The van der Waals surface area contributed by atoms with Gasteiger partial charge in [-0.3, -0.25) is 9.59 Å². The number of carbonyl (C=O) groups excluding carboxylic acids is 1. The zero-order valence-electron chi connectivity index (χ0n) is 16.5. The van der Waals surface area contributed by atoms with Gasteiger partial charge in [0.1, 0.15) is 0 Å². The third-order valence-electron chi connectivity index (χ3n) is 4.58. The molecule has 7 nitrogen and oxygen atoms in total. The first-order chi connectivity index (χ1) is 13.3. The molecule has 0 bridgehead atoms. The van der Waals surface area contributed by atoms with Crippen LogP contribution in [0.3, 0.4) is 0 Å². The smallest absolute Gasteiger partial charge is 0.250 e. The zero-order chi connectivity index (χ0) is 20.7. The molecule has 1 N–H and O–H groups in total. The summed E-state index contributed by atoms with van der Waals surface area (Å²) >= 11 is 0. The second-order valence-corrected chi connectivity index (χ2v) is 8.37. The van der Waals surface area contributed by atoms with E-state index in [0.29, 0.717) is 19.6 Å². The van der Waals surface area contributed by atoms with Crippen molar-refractivity contribution in [2.45, 2.75) is 44.7 Å². The van der Waals surface area contributed by atoms with Gasteiger partial charge in [-0.15, -0.1) is 0 Å². The number of aryl methyl sites for hydroxylation is 1. The van der Waals surface area contributed by atoms with Crippen LogP contribution in [-0.4, -0.2) is 36.3 Å². The number of hydrogen-bond donors (Lipinski definition) is 1. The minimum Gasteiger partial charge on any atom is -0.350 e. The molecule has 1 aromatic heterocycles. The average Bonchev–Trinajstić information content (AvgIpc) is 2.68. The van der Waals surface area contributed by atoms with Crippen molar-refractivity contribution in [3.63, 3.8) is 0 Å². The van der Waals surface area contributed by atoms with Crippen LogP contribution in [0.4, 0.5) is 0 Å². The molecule has 2 aromatic rings. The van der Waals surface area contributed by atoms with Crippen molar-refractivity contribution in [3.05, 3.63) is 64.6 Å². The number of rotatable bonds is 9. The van der Waals surface area contributed by atoms with Crippen LogP contribution in [0.5, 0.6) is 0 Å². The molecule has 8 heteroatoms.